The van der Waals surface area contributed by atoms with Crippen LogP contribution in [0.4, 0.5) is 5.69 Å². The summed E-state index contributed by atoms with van der Waals surface area (Å²) in [4.78, 5) is 0. The van der Waals surface area contributed by atoms with E-state index in [0.717, 1.165) is 56.9 Å². The highest BCUT2D eigenvalue weighted by Crippen LogP contribution is 2.36. The predicted octanol–water partition coefficient (Wildman–Crippen LogP) is 8.77. The van der Waals surface area contributed by atoms with Gasteiger partial charge in [0.05, 0.1) is 38.1 Å². The molecular formula is C37H41ClN2O3. The molecule has 0 bridgehead atoms. The van der Waals surface area contributed by atoms with Crippen molar-refractivity contribution < 1.29 is 14.2 Å². The van der Waals surface area contributed by atoms with Crippen LogP contribution in [0.25, 0.3) is 0 Å². The fraction of sp³-hybridized carbons (Fsp3) is 0.324. The lowest BCUT2D eigenvalue weighted by molar-refractivity contribution is -0.142. The van der Waals surface area contributed by atoms with E-state index in [-0.39, 0.29) is 18.3 Å². The van der Waals surface area contributed by atoms with Crippen molar-refractivity contribution in [3.05, 3.63) is 135 Å². The third-order valence-corrected chi connectivity index (χ3v) is 8.02. The van der Waals surface area contributed by atoms with Gasteiger partial charge in [-0.2, -0.15) is 0 Å². The molecule has 1 saturated heterocycles. The summed E-state index contributed by atoms with van der Waals surface area (Å²) in [6.07, 6.45) is 3.43. The van der Waals surface area contributed by atoms with E-state index in [9.17, 15) is 0 Å². The van der Waals surface area contributed by atoms with Crippen molar-refractivity contribution in [1.29, 1.82) is 5.41 Å². The third kappa shape index (κ3) is 9.01. The van der Waals surface area contributed by atoms with E-state index in [1.807, 2.05) is 48.5 Å². The van der Waals surface area contributed by atoms with Gasteiger partial charge in [0.2, 0.25) is 0 Å². The molecule has 1 fully saturated rings. The summed E-state index contributed by atoms with van der Waals surface area (Å²) in [6, 6.07) is 33.2. The molecule has 0 unspecified atom stereocenters. The fourth-order valence-electron chi connectivity index (χ4n) is 5.53. The van der Waals surface area contributed by atoms with Crippen LogP contribution in [0.3, 0.4) is 0 Å². The summed E-state index contributed by atoms with van der Waals surface area (Å²) in [6.45, 7) is 5.81. The number of halogens is 1. The number of hydrogen-bond acceptors (Lipinski definition) is 5. The zero-order chi connectivity index (χ0) is 30.0. The molecule has 1 aliphatic rings. The maximum absolute atomic E-state index is 7.91. The summed E-state index contributed by atoms with van der Waals surface area (Å²) >= 11 is 6.72. The average Bonchev–Trinajstić information content (AvgIpc) is 3.02. The van der Waals surface area contributed by atoms with Gasteiger partial charge in [-0.05, 0) is 66.3 Å². The largest absolute Gasteiger partial charge is 0.382 e. The second-order valence-electron chi connectivity index (χ2n) is 11.5. The highest BCUT2D eigenvalue weighted by Gasteiger charge is 2.31. The molecule has 4 aromatic rings. The van der Waals surface area contributed by atoms with Crippen LogP contribution in [0.5, 0.6) is 0 Å². The Kier molecular flexibility index (Phi) is 11.0. The summed E-state index contributed by atoms with van der Waals surface area (Å²) < 4.78 is 19.2. The van der Waals surface area contributed by atoms with Gasteiger partial charge in [0.15, 0.2) is 0 Å². The number of ether oxygens (including phenoxy) is 3. The molecule has 0 amide bonds. The second kappa shape index (κ2) is 15.3. The Labute approximate surface area is 260 Å². The van der Waals surface area contributed by atoms with E-state index in [2.05, 4.69) is 67.7 Å². The van der Waals surface area contributed by atoms with Crippen LogP contribution >= 0.6 is 11.6 Å². The van der Waals surface area contributed by atoms with Gasteiger partial charge >= 0.3 is 0 Å². The van der Waals surface area contributed by atoms with Gasteiger partial charge in [0.1, 0.15) is 0 Å². The third-order valence-electron chi connectivity index (χ3n) is 7.66. The summed E-state index contributed by atoms with van der Waals surface area (Å²) in [5.41, 5.74) is 7.37. The molecule has 1 aliphatic heterocycles. The predicted molar refractivity (Wildman–Crippen MR) is 175 cm³/mol. The Balaban J connectivity index is 1.31. The van der Waals surface area contributed by atoms with Gasteiger partial charge in [-0.25, -0.2) is 0 Å². The number of nitrogens with one attached hydrogen (secondary N) is 2. The Morgan fingerprint density at radius 1 is 0.884 bits per heavy atom. The second-order valence-corrected chi connectivity index (χ2v) is 11.9. The highest BCUT2D eigenvalue weighted by atomic mass is 35.5. The molecule has 5 rings (SSSR count). The van der Waals surface area contributed by atoms with Crippen LogP contribution in [-0.2, 0) is 33.8 Å². The van der Waals surface area contributed by atoms with Crippen LogP contribution in [0.2, 0.25) is 5.02 Å². The molecule has 6 heteroatoms. The Morgan fingerprint density at radius 3 is 2.30 bits per heavy atom. The summed E-state index contributed by atoms with van der Waals surface area (Å²) in [7, 11) is 0. The van der Waals surface area contributed by atoms with Crippen molar-refractivity contribution in [2.45, 2.75) is 70.7 Å². The maximum atomic E-state index is 7.91. The maximum Gasteiger partial charge on any atom is 0.0854 e. The van der Waals surface area contributed by atoms with Crippen molar-refractivity contribution in [2.24, 2.45) is 0 Å². The van der Waals surface area contributed by atoms with Crippen molar-refractivity contribution in [1.82, 2.24) is 0 Å². The van der Waals surface area contributed by atoms with Crippen molar-refractivity contribution >= 4 is 23.5 Å². The minimum Gasteiger partial charge on any atom is -0.382 e. The Hall–Kier alpha value is -3.48. The molecule has 0 radical (unpaired) electrons. The molecule has 3 atom stereocenters. The highest BCUT2D eigenvalue weighted by molar-refractivity contribution is 6.31. The molecule has 2 N–H and O–H groups in total. The van der Waals surface area contributed by atoms with E-state index in [1.54, 1.807) is 0 Å². The number of anilines is 1. The van der Waals surface area contributed by atoms with Crippen LogP contribution < -0.4 is 5.32 Å². The monoisotopic (exact) mass is 596 g/mol. The van der Waals surface area contributed by atoms with E-state index in [0.29, 0.717) is 32.3 Å². The SMILES string of the molecule is CC(C)Nc1ccc(Cc2cc([C@H]3C[C@@H](OCc4ccccc4)C[C@@H](COCc4ccccc4)O3)ccc2Cl)cc1C=N. The van der Waals surface area contributed by atoms with Gasteiger partial charge in [-0.3, -0.25) is 0 Å². The minimum absolute atomic E-state index is 0.0413. The lowest BCUT2D eigenvalue weighted by Crippen LogP contribution is -2.35. The van der Waals surface area contributed by atoms with E-state index < -0.39 is 0 Å². The summed E-state index contributed by atoms with van der Waals surface area (Å²) in [5, 5.41) is 12.0. The lowest BCUT2D eigenvalue weighted by Gasteiger charge is -2.36. The molecule has 1 heterocycles. The van der Waals surface area contributed by atoms with Crippen molar-refractivity contribution in [3.63, 3.8) is 0 Å². The minimum atomic E-state index is -0.134. The quantitative estimate of drug-likeness (QED) is 0.151. The Morgan fingerprint density at radius 2 is 1.60 bits per heavy atom. The average molecular weight is 597 g/mol. The number of hydrogen-bond donors (Lipinski definition) is 2. The number of rotatable bonds is 13. The molecule has 43 heavy (non-hydrogen) atoms. The standard InChI is InChI=1S/C37H41ClN2O3/c1-26(2)40-36-16-13-29(18-32(36)22-39)17-31-19-30(14-15-35(31)38)37-21-33(42-24-28-11-7-4-8-12-28)20-34(43-37)25-41-23-27-9-5-3-6-10-27/h3-16,18-19,22,26,33-34,37,39-40H,17,20-21,23-25H2,1-2H3/t33-,34-,37+/m0/s1. The first-order valence-electron chi connectivity index (χ1n) is 15.1. The molecule has 4 aromatic carbocycles. The van der Waals surface area contributed by atoms with E-state index in [4.69, 9.17) is 31.2 Å². The molecule has 5 nitrogen and oxygen atoms in total. The van der Waals surface area contributed by atoms with Crippen molar-refractivity contribution in [3.8, 4) is 0 Å². The number of benzene rings is 4. The van der Waals surface area contributed by atoms with Gasteiger partial charge in [-0.1, -0.05) is 90.5 Å². The van der Waals surface area contributed by atoms with E-state index >= 15 is 0 Å². The van der Waals surface area contributed by atoms with Crippen LogP contribution in [0, 0.1) is 5.41 Å². The van der Waals surface area contributed by atoms with Gasteiger partial charge < -0.3 is 24.9 Å². The van der Waals surface area contributed by atoms with E-state index in [1.165, 1.54) is 6.21 Å². The van der Waals surface area contributed by atoms with Crippen molar-refractivity contribution in [2.75, 3.05) is 11.9 Å². The van der Waals surface area contributed by atoms with Gasteiger partial charge in [0, 0.05) is 41.4 Å². The van der Waals surface area contributed by atoms with Crippen LogP contribution in [0.15, 0.2) is 97.1 Å². The molecule has 0 saturated carbocycles. The molecule has 0 aliphatic carbocycles. The van der Waals surface area contributed by atoms with Crippen LogP contribution in [0.1, 0.15) is 66.2 Å². The normalized spacial score (nSPS) is 18.5. The fourth-order valence-corrected chi connectivity index (χ4v) is 5.72. The van der Waals surface area contributed by atoms with Gasteiger partial charge in [0.25, 0.3) is 0 Å². The Bertz CT molecular complexity index is 1460. The van der Waals surface area contributed by atoms with Crippen LogP contribution in [-0.4, -0.2) is 31.1 Å². The lowest BCUT2D eigenvalue weighted by atomic mass is 9.93. The molecule has 0 aromatic heterocycles. The molecule has 0 spiro atoms. The zero-order valence-electron chi connectivity index (χ0n) is 25.0. The molecular weight excluding hydrogens is 556 g/mol. The smallest absolute Gasteiger partial charge is 0.0854 e. The topological polar surface area (TPSA) is 63.6 Å². The summed E-state index contributed by atoms with van der Waals surface area (Å²) in [5.74, 6) is 0. The first kappa shape index (κ1) is 31.0. The first-order valence-corrected chi connectivity index (χ1v) is 15.5. The van der Waals surface area contributed by atoms with Gasteiger partial charge in [-0.15, -0.1) is 0 Å². The first-order chi connectivity index (χ1) is 21.0. The zero-order valence-corrected chi connectivity index (χ0v) is 25.7. The molecule has 224 valence electrons.